The molecular weight excluding hydrogens is 356 g/mol. The van der Waals surface area contributed by atoms with Crippen LogP contribution >= 0.6 is 11.3 Å². The lowest BCUT2D eigenvalue weighted by Gasteiger charge is -2.37. The summed E-state index contributed by atoms with van der Waals surface area (Å²) in [6.07, 6.45) is 5.82. The molecule has 7 heteroatoms. The second-order valence-corrected chi connectivity index (χ2v) is 10.6. The van der Waals surface area contributed by atoms with Gasteiger partial charge in [-0.15, -0.1) is 11.3 Å². The monoisotopic (exact) mass is 384 g/mol. The molecular formula is C18H28N2O3S2. The van der Waals surface area contributed by atoms with E-state index in [2.05, 4.69) is 6.92 Å². The van der Waals surface area contributed by atoms with Crippen LogP contribution < -0.4 is 0 Å². The summed E-state index contributed by atoms with van der Waals surface area (Å²) in [4.78, 5) is 14.8. The van der Waals surface area contributed by atoms with Gasteiger partial charge in [-0.2, -0.15) is 4.31 Å². The maximum absolute atomic E-state index is 12.8. The highest BCUT2D eigenvalue weighted by atomic mass is 32.2. The Balaban J connectivity index is 1.56. The van der Waals surface area contributed by atoms with Gasteiger partial charge in [0.2, 0.25) is 5.91 Å². The average molecular weight is 385 g/mol. The van der Waals surface area contributed by atoms with Gasteiger partial charge in [-0.25, -0.2) is 8.42 Å². The van der Waals surface area contributed by atoms with E-state index in [1.807, 2.05) is 11.9 Å². The zero-order valence-electron chi connectivity index (χ0n) is 15.1. The summed E-state index contributed by atoms with van der Waals surface area (Å²) in [7, 11) is -1.46. The maximum atomic E-state index is 12.8. The summed E-state index contributed by atoms with van der Waals surface area (Å²) >= 11 is 1.25. The van der Waals surface area contributed by atoms with Crippen LogP contribution in [-0.2, 0) is 14.8 Å². The highest BCUT2D eigenvalue weighted by molar-refractivity contribution is 7.91. The Morgan fingerprint density at radius 3 is 2.36 bits per heavy atom. The Morgan fingerprint density at radius 2 is 1.80 bits per heavy atom. The van der Waals surface area contributed by atoms with Gasteiger partial charge in [0.1, 0.15) is 4.21 Å². The Morgan fingerprint density at radius 1 is 1.16 bits per heavy atom. The van der Waals surface area contributed by atoms with E-state index in [0.717, 1.165) is 18.8 Å². The third-order valence-corrected chi connectivity index (χ3v) is 9.04. The van der Waals surface area contributed by atoms with Crippen LogP contribution in [0.3, 0.4) is 0 Å². The lowest BCUT2D eigenvalue weighted by molar-refractivity contribution is -0.138. The number of sulfonamides is 1. The van der Waals surface area contributed by atoms with Crippen molar-refractivity contribution < 1.29 is 13.2 Å². The first-order valence-corrected chi connectivity index (χ1v) is 11.5. The zero-order chi connectivity index (χ0) is 18.0. The van der Waals surface area contributed by atoms with Gasteiger partial charge in [-0.3, -0.25) is 4.79 Å². The topological polar surface area (TPSA) is 57.7 Å². The first-order chi connectivity index (χ1) is 11.9. The molecule has 0 bridgehead atoms. The molecule has 1 amide bonds. The van der Waals surface area contributed by atoms with Gasteiger partial charge in [0, 0.05) is 32.1 Å². The molecule has 2 heterocycles. The van der Waals surface area contributed by atoms with Gasteiger partial charge >= 0.3 is 0 Å². The minimum Gasteiger partial charge on any atom is -0.343 e. The summed E-state index contributed by atoms with van der Waals surface area (Å²) < 4.78 is 27.1. The Hall–Kier alpha value is -0.920. The van der Waals surface area contributed by atoms with E-state index in [-0.39, 0.29) is 11.8 Å². The van der Waals surface area contributed by atoms with Crippen LogP contribution in [0.5, 0.6) is 0 Å². The number of amides is 1. The largest absolute Gasteiger partial charge is 0.343 e. The fourth-order valence-electron chi connectivity index (χ4n) is 3.98. The molecule has 3 rings (SSSR count). The third kappa shape index (κ3) is 4.09. The van der Waals surface area contributed by atoms with Crippen LogP contribution in [0.25, 0.3) is 0 Å². The molecule has 0 aromatic carbocycles. The van der Waals surface area contributed by atoms with Crippen LogP contribution in [0.2, 0.25) is 0 Å². The number of thiophene rings is 1. The smallest absolute Gasteiger partial charge is 0.252 e. The minimum atomic E-state index is -3.39. The first-order valence-electron chi connectivity index (χ1n) is 9.20. The van der Waals surface area contributed by atoms with Gasteiger partial charge in [-0.05, 0) is 55.9 Å². The van der Waals surface area contributed by atoms with Gasteiger partial charge in [0.05, 0.1) is 0 Å². The number of hydrogen-bond donors (Lipinski definition) is 0. The molecule has 140 valence electrons. The van der Waals surface area contributed by atoms with Crippen molar-refractivity contribution in [3.8, 4) is 0 Å². The number of nitrogens with zero attached hydrogens (tertiary/aromatic N) is 2. The van der Waals surface area contributed by atoms with Crippen molar-refractivity contribution >= 4 is 27.3 Å². The lowest BCUT2D eigenvalue weighted by atomic mass is 9.86. The fraction of sp³-hybridized carbons (Fsp3) is 0.722. The van der Waals surface area contributed by atoms with Gasteiger partial charge in [-0.1, -0.05) is 13.0 Å². The third-order valence-electron chi connectivity index (χ3n) is 5.77. The van der Waals surface area contributed by atoms with Crippen molar-refractivity contribution in [3.05, 3.63) is 17.5 Å². The second kappa shape index (κ2) is 7.76. The lowest BCUT2D eigenvalue weighted by Crippen LogP contribution is -2.46. The summed E-state index contributed by atoms with van der Waals surface area (Å²) in [6.45, 7) is 3.15. The van der Waals surface area contributed by atoms with Gasteiger partial charge in [0.15, 0.2) is 0 Å². The number of hydrogen-bond acceptors (Lipinski definition) is 4. The molecule has 1 aliphatic heterocycles. The average Bonchev–Trinajstić information content (AvgIpc) is 3.17. The summed E-state index contributed by atoms with van der Waals surface area (Å²) in [5, 5.41) is 1.78. The van der Waals surface area contributed by atoms with E-state index in [1.54, 1.807) is 17.5 Å². The summed E-state index contributed by atoms with van der Waals surface area (Å²) in [5.41, 5.74) is 0. The molecule has 5 nitrogen and oxygen atoms in total. The molecule has 1 aliphatic carbocycles. The van der Waals surface area contributed by atoms with E-state index in [1.165, 1.54) is 28.5 Å². The Labute approximate surface area is 155 Å². The van der Waals surface area contributed by atoms with E-state index < -0.39 is 10.0 Å². The Bertz CT molecular complexity index is 671. The van der Waals surface area contributed by atoms with Crippen molar-refractivity contribution in [2.45, 2.75) is 55.7 Å². The standard InChI is InChI=1S/C18H28N2O3S2/c1-14-5-7-16(8-6-14)19(2)18(21)15-9-11-20(12-10-15)25(22,23)17-4-3-13-24-17/h3-4,13-16H,5-12H2,1-2H3. The predicted octanol–water partition coefficient (Wildman–Crippen LogP) is 3.19. The molecule has 1 saturated carbocycles. The quantitative estimate of drug-likeness (QED) is 0.801. The Kier molecular flexibility index (Phi) is 5.85. The molecule has 0 spiro atoms. The zero-order valence-corrected chi connectivity index (χ0v) is 16.7. The number of carbonyl (C=O) groups excluding carboxylic acids is 1. The van der Waals surface area contributed by atoms with E-state index in [0.29, 0.717) is 36.2 Å². The highest BCUT2D eigenvalue weighted by Crippen LogP contribution is 2.30. The van der Waals surface area contributed by atoms with Crippen molar-refractivity contribution in [2.24, 2.45) is 11.8 Å². The molecule has 1 saturated heterocycles. The van der Waals surface area contributed by atoms with E-state index in [4.69, 9.17) is 0 Å². The van der Waals surface area contributed by atoms with Crippen molar-refractivity contribution in [1.29, 1.82) is 0 Å². The molecule has 0 atom stereocenters. The van der Waals surface area contributed by atoms with Crippen LogP contribution in [-0.4, -0.2) is 49.7 Å². The normalized spacial score (nSPS) is 26.5. The molecule has 0 radical (unpaired) electrons. The molecule has 1 aromatic rings. The molecule has 0 unspecified atom stereocenters. The van der Waals surface area contributed by atoms with Crippen molar-refractivity contribution in [2.75, 3.05) is 20.1 Å². The fourth-order valence-corrected chi connectivity index (χ4v) is 6.59. The predicted molar refractivity (Wildman–Crippen MR) is 100.0 cm³/mol. The highest BCUT2D eigenvalue weighted by Gasteiger charge is 2.35. The SMILES string of the molecule is CC1CCC(N(C)C(=O)C2CCN(S(=O)(=O)c3cccs3)CC2)CC1. The first kappa shape index (κ1) is 18.9. The number of carbonyl (C=O) groups is 1. The molecule has 0 N–H and O–H groups in total. The molecule has 1 aromatic heterocycles. The molecule has 25 heavy (non-hydrogen) atoms. The number of rotatable bonds is 4. The van der Waals surface area contributed by atoms with Crippen LogP contribution in [0, 0.1) is 11.8 Å². The molecule has 2 aliphatic rings. The van der Waals surface area contributed by atoms with Crippen LogP contribution in [0.1, 0.15) is 45.4 Å². The summed E-state index contributed by atoms with van der Waals surface area (Å²) in [5.74, 6) is 0.928. The maximum Gasteiger partial charge on any atom is 0.252 e. The van der Waals surface area contributed by atoms with E-state index in [9.17, 15) is 13.2 Å². The molecule has 2 fully saturated rings. The minimum absolute atomic E-state index is 0.0425. The van der Waals surface area contributed by atoms with Crippen molar-refractivity contribution in [3.63, 3.8) is 0 Å². The van der Waals surface area contributed by atoms with Gasteiger partial charge in [0.25, 0.3) is 10.0 Å². The second-order valence-electron chi connectivity index (χ2n) is 7.47. The van der Waals surface area contributed by atoms with Crippen LogP contribution in [0.4, 0.5) is 0 Å². The van der Waals surface area contributed by atoms with Gasteiger partial charge < -0.3 is 4.90 Å². The number of piperidine rings is 1. The van der Waals surface area contributed by atoms with Crippen molar-refractivity contribution in [1.82, 2.24) is 9.21 Å². The van der Waals surface area contributed by atoms with E-state index >= 15 is 0 Å². The summed E-state index contributed by atoms with van der Waals surface area (Å²) in [6, 6.07) is 3.76. The van der Waals surface area contributed by atoms with Crippen LogP contribution in [0.15, 0.2) is 21.7 Å².